The smallest absolute Gasteiger partial charge is 0.337 e. The highest BCUT2D eigenvalue weighted by Crippen LogP contribution is 2.28. The first-order valence-corrected chi connectivity index (χ1v) is 5.21. The van der Waals surface area contributed by atoms with Crippen molar-refractivity contribution in [2.75, 3.05) is 7.05 Å². The Bertz CT molecular complexity index is 309. The second-order valence-electron chi connectivity index (χ2n) is 4.11. The molecule has 0 atom stereocenters. The van der Waals surface area contributed by atoms with Crippen LogP contribution in [0.4, 0.5) is 17.6 Å². The standard InChI is InChI=1S/C10H13F4NO2/c1-15(6-2-4-7(16)5-3-6)9(17)10(13,14)8(11)12/h6,8H,2-5H2,1H3. The van der Waals surface area contributed by atoms with Crippen molar-refractivity contribution in [3.05, 3.63) is 0 Å². The highest BCUT2D eigenvalue weighted by molar-refractivity contribution is 5.84. The zero-order valence-electron chi connectivity index (χ0n) is 9.26. The molecule has 1 rings (SSSR count). The maximum atomic E-state index is 12.8. The average molecular weight is 255 g/mol. The number of Topliss-reactive ketones (excluding diaryl/α,β-unsaturated/α-hetero) is 1. The van der Waals surface area contributed by atoms with Crippen LogP contribution in [0.15, 0.2) is 0 Å². The van der Waals surface area contributed by atoms with Gasteiger partial charge in [0.05, 0.1) is 0 Å². The van der Waals surface area contributed by atoms with Gasteiger partial charge in [0.25, 0.3) is 5.91 Å². The Morgan fingerprint density at radius 2 is 1.82 bits per heavy atom. The molecule has 0 bridgehead atoms. The third kappa shape index (κ3) is 2.95. The van der Waals surface area contributed by atoms with Crippen molar-refractivity contribution in [3.8, 4) is 0 Å². The lowest BCUT2D eigenvalue weighted by atomic mass is 9.93. The highest BCUT2D eigenvalue weighted by atomic mass is 19.3. The summed E-state index contributed by atoms with van der Waals surface area (Å²) >= 11 is 0. The van der Waals surface area contributed by atoms with E-state index in [2.05, 4.69) is 0 Å². The maximum Gasteiger partial charge on any atom is 0.383 e. The van der Waals surface area contributed by atoms with Gasteiger partial charge < -0.3 is 4.90 Å². The van der Waals surface area contributed by atoms with E-state index < -0.39 is 24.3 Å². The second-order valence-corrected chi connectivity index (χ2v) is 4.11. The second kappa shape index (κ2) is 5.01. The van der Waals surface area contributed by atoms with E-state index in [1.54, 1.807) is 0 Å². The first-order valence-electron chi connectivity index (χ1n) is 5.21. The minimum absolute atomic E-state index is 0.00252. The molecule has 7 heteroatoms. The van der Waals surface area contributed by atoms with E-state index in [4.69, 9.17) is 0 Å². The summed E-state index contributed by atoms with van der Waals surface area (Å²) in [4.78, 5) is 22.8. The molecule has 0 spiro atoms. The molecule has 0 saturated heterocycles. The molecule has 0 N–H and O–H groups in total. The summed E-state index contributed by atoms with van der Waals surface area (Å²) in [6.07, 6.45) is -3.12. The molecule has 17 heavy (non-hydrogen) atoms. The largest absolute Gasteiger partial charge is 0.383 e. The number of amides is 1. The molecule has 0 aromatic rings. The lowest BCUT2D eigenvalue weighted by Crippen LogP contribution is -2.50. The van der Waals surface area contributed by atoms with E-state index in [1.165, 1.54) is 0 Å². The third-order valence-electron chi connectivity index (χ3n) is 2.94. The van der Waals surface area contributed by atoms with Gasteiger partial charge in [-0.2, -0.15) is 8.78 Å². The molecule has 1 aliphatic carbocycles. The van der Waals surface area contributed by atoms with Gasteiger partial charge in [-0.3, -0.25) is 9.59 Å². The Labute approximate surface area is 95.8 Å². The van der Waals surface area contributed by atoms with Gasteiger partial charge >= 0.3 is 12.3 Å². The van der Waals surface area contributed by atoms with Gasteiger partial charge in [-0.15, -0.1) is 0 Å². The Kier molecular flexibility index (Phi) is 4.11. The number of nitrogens with zero attached hydrogens (tertiary/aromatic N) is 1. The van der Waals surface area contributed by atoms with Crippen molar-refractivity contribution in [1.29, 1.82) is 0 Å². The van der Waals surface area contributed by atoms with Crippen LogP contribution in [-0.2, 0) is 9.59 Å². The minimum atomic E-state index is -4.66. The SMILES string of the molecule is CN(C(=O)C(F)(F)C(F)F)C1CCC(=O)CC1. The molecule has 0 heterocycles. The number of hydrogen-bond donors (Lipinski definition) is 0. The van der Waals surface area contributed by atoms with Crippen LogP contribution < -0.4 is 0 Å². The normalized spacial score (nSPS) is 18.6. The van der Waals surface area contributed by atoms with E-state index in [1.807, 2.05) is 0 Å². The molecule has 98 valence electrons. The fourth-order valence-electron chi connectivity index (χ4n) is 1.81. The van der Waals surface area contributed by atoms with Crippen LogP contribution in [0.5, 0.6) is 0 Å². The fourth-order valence-corrected chi connectivity index (χ4v) is 1.81. The van der Waals surface area contributed by atoms with E-state index in [9.17, 15) is 27.2 Å². The summed E-state index contributed by atoms with van der Waals surface area (Å²) in [5.74, 6) is -6.54. The van der Waals surface area contributed by atoms with Gasteiger partial charge in [0.15, 0.2) is 0 Å². The summed E-state index contributed by atoms with van der Waals surface area (Å²) in [5.41, 5.74) is 0. The van der Waals surface area contributed by atoms with E-state index in [0.717, 1.165) is 7.05 Å². The number of ketones is 1. The molecular formula is C10H13F4NO2. The Balaban J connectivity index is 2.67. The van der Waals surface area contributed by atoms with Crippen LogP contribution in [0.2, 0.25) is 0 Å². The third-order valence-corrected chi connectivity index (χ3v) is 2.94. The van der Waals surface area contributed by atoms with Crippen LogP contribution >= 0.6 is 0 Å². The van der Waals surface area contributed by atoms with Gasteiger partial charge in [-0.1, -0.05) is 0 Å². The fraction of sp³-hybridized carbons (Fsp3) is 0.800. The van der Waals surface area contributed by atoms with Crippen LogP contribution in [0.3, 0.4) is 0 Å². The van der Waals surface area contributed by atoms with Crippen molar-refractivity contribution < 1.29 is 27.2 Å². The quantitative estimate of drug-likeness (QED) is 0.722. The lowest BCUT2D eigenvalue weighted by Gasteiger charge is -2.32. The van der Waals surface area contributed by atoms with Crippen LogP contribution in [0, 0.1) is 0 Å². The number of halogens is 4. The summed E-state index contributed by atoms with van der Waals surface area (Å²) in [6.45, 7) is 0. The molecule has 1 aliphatic rings. The molecular weight excluding hydrogens is 242 g/mol. The lowest BCUT2D eigenvalue weighted by molar-refractivity contribution is -0.182. The molecule has 0 aromatic heterocycles. The molecule has 1 saturated carbocycles. The summed E-state index contributed by atoms with van der Waals surface area (Å²) in [6, 6.07) is -0.565. The van der Waals surface area contributed by atoms with Crippen LogP contribution in [0.25, 0.3) is 0 Å². The van der Waals surface area contributed by atoms with Crippen molar-refractivity contribution in [2.45, 2.75) is 44.1 Å². The highest BCUT2D eigenvalue weighted by Gasteiger charge is 2.51. The minimum Gasteiger partial charge on any atom is -0.337 e. The number of rotatable bonds is 3. The Morgan fingerprint density at radius 1 is 1.35 bits per heavy atom. The van der Waals surface area contributed by atoms with Crippen LogP contribution in [-0.4, -0.2) is 42.0 Å². The Morgan fingerprint density at radius 3 is 2.24 bits per heavy atom. The Hall–Kier alpha value is -1.14. The summed E-state index contributed by atoms with van der Waals surface area (Å²) in [7, 11) is 1.07. The monoisotopic (exact) mass is 255 g/mol. The van der Waals surface area contributed by atoms with Gasteiger partial charge in [0, 0.05) is 25.9 Å². The number of carbonyl (C=O) groups excluding carboxylic acids is 2. The topological polar surface area (TPSA) is 37.4 Å². The number of carbonyl (C=O) groups is 2. The predicted molar refractivity (Wildman–Crippen MR) is 51.0 cm³/mol. The first-order chi connectivity index (χ1) is 7.76. The van der Waals surface area contributed by atoms with Gasteiger partial charge in [0.2, 0.25) is 0 Å². The van der Waals surface area contributed by atoms with Gasteiger partial charge in [-0.05, 0) is 12.8 Å². The first kappa shape index (κ1) is 13.9. The predicted octanol–water partition coefficient (Wildman–Crippen LogP) is 1.86. The van der Waals surface area contributed by atoms with Crippen molar-refractivity contribution >= 4 is 11.7 Å². The maximum absolute atomic E-state index is 12.8. The number of alkyl halides is 4. The molecule has 0 unspecified atom stereocenters. The average Bonchev–Trinajstić information content (AvgIpc) is 2.27. The van der Waals surface area contributed by atoms with Crippen LogP contribution in [0.1, 0.15) is 25.7 Å². The van der Waals surface area contributed by atoms with Crippen molar-refractivity contribution in [2.24, 2.45) is 0 Å². The summed E-state index contributed by atoms with van der Waals surface area (Å²) < 4.78 is 49.6. The van der Waals surface area contributed by atoms with Crippen molar-refractivity contribution in [1.82, 2.24) is 4.90 Å². The van der Waals surface area contributed by atoms with Gasteiger partial charge in [-0.25, -0.2) is 8.78 Å². The van der Waals surface area contributed by atoms with E-state index >= 15 is 0 Å². The van der Waals surface area contributed by atoms with Crippen molar-refractivity contribution in [3.63, 3.8) is 0 Å². The molecule has 1 amide bonds. The van der Waals surface area contributed by atoms with E-state index in [0.29, 0.717) is 4.90 Å². The summed E-state index contributed by atoms with van der Waals surface area (Å²) in [5, 5.41) is 0. The molecule has 0 radical (unpaired) electrons. The number of hydrogen-bond acceptors (Lipinski definition) is 2. The molecule has 0 aromatic carbocycles. The van der Waals surface area contributed by atoms with Gasteiger partial charge in [0.1, 0.15) is 5.78 Å². The molecule has 0 aliphatic heterocycles. The zero-order valence-corrected chi connectivity index (χ0v) is 9.26. The molecule has 1 fully saturated rings. The van der Waals surface area contributed by atoms with E-state index in [-0.39, 0.29) is 31.5 Å². The molecule has 3 nitrogen and oxygen atoms in total. The zero-order chi connectivity index (χ0) is 13.2.